The highest BCUT2D eigenvalue weighted by molar-refractivity contribution is 4.67. The number of nitrogens with one attached hydrogen (secondary N) is 1. The molecule has 0 radical (unpaired) electrons. The predicted octanol–water partition coefficient (Wildman–Crippen LogP) is 4.92. The van der Waals surface area contributed by atoms with E-state index in [0.29, 0.717) is 0 Å². The van der Waals surface area contributed by atoms with E-state index in [1.54, 1.807) is 7.11 Å². The van der Waals surface area contributed by atoms with Crippen LogP contribution in [0.2, 0.25) is 0 Å². The Bertz CT molecular complexity index is 151. The Morgan fingerprint density at radius 3 is 1.95 bits per heavy atom. The van der Waals surface area contributed by atoms with Crippen LogP contribution in [0.25, 0.3) is 0 Å². The van der Waals surface area contributed by atoms with E-state index in [2.05, 4.69) is 19.2 Å². The van der Waals surface area contributed by atoms with Gasteiger partial charge >= 0.3 is 0 Å². The minimum atomic E-state index is 0.764. The molecule has 0 amide bonds. The van der Waals surface area contributed by atoms with Crippen LogP contribution in [0.5, 0.6) is 0 Å². The molecule has 0 aliphatic rings. The predicted molar refractivity (Wildman–Crippen MR) is 85.8 cm³/mol. The molecule has 0 aromatic rings. The molecule has 0 saturated carbocycles. The molecule has 0 aliphatic carbocycles. The SMILES string of the molecule is CCCCCC(CCCCC)NCCCCCOC. The molecular formula is C17H37NO. The quantitative estimate of drug-likeness (QED) is 0.427. The molecule has 0 saturated heterocycles. The Balaban J connectivity index is 3.58. The minimum absolute atomic E-state index is 0.764. The Morgan fingerprint density at radius 2 is 1.42 bits per heavy atom. The van der Waals surface area contributed by atoms with E-state index in [9.17, 15) is 0 Å². The van der Waals surface area contributed by atoms with Crippen LogP contribution in [-0.2, 0) is 4.74 Å². The van der Waals surface area contributed by atoms with Crippen LogP contribution in [-0.4, -0.2) is 26.3 Å². The zero-order valence-corrected chi connectivity index (χ0v) is 13.7. The smallest absolute Gasteiger partial charge is 0.0462 e. The van der Waals surface area contributed by atoms with Gasteiger partial charge < -0.3 is 10.1 Å². The first-order chi connectivity index (χ1) is 9.35. The van der Waals surface area contributed by atoms with Crippen molar-refractivity contribution in [2.75, 3.05) is 20.3 Å². The highest BCUT2D eigenvalue weighted by Gasteiger charge is 2.06. The molecule has 0 aliphatic heterocycles. The molecule has 0 rings (SSSR count). The first-order valence-corrected chi connectivity index (χ1v) is 8.57. The molecule has 0 aromatic carbocycles. The number of hydrogen-bond acceptors (Lipinski definition) is 2. The Kier molecular flexibility index (Phi) is 15.9. The second-order valence-electron chi connectivity index (χ2n) is 5.70. The summed E-state index contributed by atoms with van der Waals surface area (Å²) < 4.78 is 5.08. The molecule has 0 fully saturated rings. The zero-order valence-electron chi connectivity index (χ0n) is 13.7. The van der Waals surface area contributed by atoms with Crippen molar-refractivity contribution in [2.24, 2.45) is 0 Å². The second kappa shape index (κ2) is 16.0. The van der Waals surface area contributed by atoms with Crippen LogP contribution in [0.15, 0.2) is 0 Å². The topological polar surface area (TPSA) is 21.3 Å². The summed E-state index contributed by atoms with van der Waals surface area (Å²) in [6.07, 6.45) is 14.8. The van der Waals surface area contributed by atoms with E-state index in [-0.39, 0.29) is 0 Å². The highest BCUT2D eigenvalue weighted by Crippen LogP contribution is 2.11. The third kappa shape index (κ3) is 14.1. The average Bonchev–Trinajstić information content (AvgIpc) is 2.42. The van der Waals surface area contributed by atoms with E-state index in [4.69, 9.17) is 4.74 Å². The summed E-state index contributed by atoms with van der Waals surface area (Å²) in [5.74, 6) is 0. The number of methoxy groups -OCH3 is 1. The summed E-state index contributed by atoms with van der Waals surface area (Å²) in [6, 6.07) is 0.764. The molecule has 0 bridgehead atoms. The maximum atomic E-state index is 5.08. The van der Waals surface area contributed by atoms with E-state index in [1.165, 1.54) is 77.2 Å². The monoisotopic (exact) mass is 271 g/mol. The third-order valence-electron chi connectivity index (χ3n) is 3.77. The standard InChI is InChI=1S/C17H37NO/c1-4-6-9-13-17(14-10-7-5-2)18-15-11-8-12-16-19-3/h17-18H,4-16H2,1-3H3. The first kappa shape index (κ1) is 18.9. The highest BCUT2D eigenvalue weighted by atomic mass is 16.5. The fourth-order valence-electron chi connectivity index (χ4n) is 2.48. The first-order valence-electron chi connectivity index (χ1n) is 8.57. The van der Waals surface area contributed by atoms with Crippen LogP contribution < -0.4 is 5.32 Å². The largest absolute Gasteiger partial charge is 0.385 e. The van der Waals surface area contributed by atoms with E-state index in [1.807, 2.05) is 0 Å². The molecule has 0 spiro atoms. The lowest BCUT2D eigenvalue weighted by atomic mass is 10.0. The fourth-order valence-corrected chi connectivity index (χ4v) is 2.48. The van der Waals surface area contributed by atoms with Crippen LogP contribution in [0.4, 0.5) is 0 Å². The van der Waals surface area contributed by atoms with Gasteiger partial charge in [0.15, 0.2) is 0 Å². The van der Waals surface area contributed by atoms with Gasteiger partial charge in [-0.3, -0.25) is 0 Å². The van der Waals surface area contributed by atoms with Gasteiger partial charge in [0.1, 0.15) is 0 Å². The van der Waals surface area contributed by atoms with Crippen molar-refractivity contribution in [3.05, 3.63) is 0 Å². The summed E-state index contributed by atoms with van der Waals surface area (Å²) in [5, 5.41) is 3.77. The lowest BCUT2D eigenvalue weighted by Crippen LogP contribution is -2.30. The van der Waals surface area contributed by atoms with Crippen molar-refractivity contribution in [2.45, 2.75) is 90.5 Å². The van der Waals surface area contributed by atoms with Crippen molar-refractivity contribution in [3.63, 3.8) is 0 Å². The Hall–Kier alpha value is -0.0800. The lowest BCUT2D eigenvalue weighted by molar-refractivity contribution is 0.192. The molecule has 1 N–H and O–H groups in total. The van der Waals surface area contributed by atoms with E-state index >= 15 is 0 Å². The molecule has 0 unspecified atom stereocenters. The average molecular weight is 271 g/mol. The molecule has 2 heteroatoms. The van der Waals surface area contributed by atoms with Crippen molar-refractivity contribution >= 4 is 0 Å². The summed E-state index contributed by atoms with van der Waals surface area (Å²) >= 11 is 0. The Labute approximate surface area is 121 Å². The zero-order chi connectivity index (χ0) is 14.2. The summed E-state index contributed by atoms with van der Waals surface area (Å²) in [6.45, 7) is 6.67. The number of unbranched alkanes of at least 4 members (excludes halogenated alkanes) is 6. The summed E-state index contributed by atoms with van der Waals surface area (Å²) in [5.41, 5.74) is 0. The summed E-state index contributed by atoms with van der Waals surface area (Å²) in [4.78, 5) is 0. The number of hydrogen-bond donors (Lipinski definition) is 1. The van der Waals surface area contributed by atoms with Gasteiger partial charge in [0.05, 0.1) is 0 Å². The maximum Gasteiger partial charge on any atom is 0.0462 e. The van der Waals surface area contributed by atoms with Gasteiger partial charge in [-0.1, -0.05) is 52.4 Å². The molecule has 0 heterocycles. The minimum Gasteiger partial charge on any atom is -0.385 e. The van der Waals surface area contributed by atoms with Crippen LogP contribution in [0.1, 0.15) is 84.5 Å². The van der Waals surface area contributed by atoms with Gasteiger partial charge in [0.2, 0.25) is 0 Å². The normalized spacial score (nSPS) is 11.4. The number of rotatable bonds is 15. The van der Waals surface area contributed by atoms with Crippen LogP contribution >= 0.6 is 0 Å². The van der Waals surface area contributed by atoms with Crippen molar-refractivity contribution in [1.29, 1.82) is 0 Å². The van der Waals surface area contributed by atoms with Gasteiger partial charge in [-0.15, -0.1) is 0 Å². The molecular weight excluding hydrogens is 234 g/mol. The third-order valence-corrected chi connectivity index (χ3v) is 3.77. The molecule has 2 nitrogen and oxygen atoms in total. The van der Waals surface area contributed by atoms with Gasteiger partial charge in [0.25, 0.3) is 0 Å². The maximum absolute atomic E-state index is 5.08. The van der Waals surface area contributed by atoms with Gasteiger partial charge in [-0.2, -0.15) is 0 Å². The lowest BCUT2D eigenvalue weighted by Gasteiger charge is -2.18. The second-order valence-corrected chi connectivity index (χ2v) is 5.70. The van der Waals surface area contributed by atoms with E-state index < -0.39 is 0 Å². The summed E-state index contributed by atoms with van der Waals surface area (Å²) in [7, 11) is 1.79. The molecule has 19 heavy (non-hydrogen) atoms. The van der Waals surface area contributed by atoms with Crippen LogP contribution in [0, 0.1) is 0 Å². The van der Waals surface area contributed by atoms with Crippen molar-refractivity contribution in [1.82, 2.24) is 5.32 Å². The number of ether oxygens (including phenoxy) is 1. The van der Waals surface area contributed by atoms with E-state index in [0.717, 1.165) is 12.6 Å². The van der Waals surface area contributed by atoms with Gasteiger partial charge in [-0.25, -0.2) is 0 Å². The molecule has 0 atom stereocenters. The van der Waals surface area contributed by atoms with Crippen molar-refractivity contribution in [3.8, 4) is 0 Å². The van der Waals surface area contributed by atoms with Crippen LogP contribution in [0.3, 0.4) is 0 Å². The molecule has 116 valence electrons. The van der Waals surface area contributed by atoms with Gasteiger partial charge in [0, 0.05) is 19.8 Å². The fraction of sp³-hybridized carbons (Fsp3) is 1.00. The molecule has 0 aromatic heterocycles. The van der Waals surface area contributed by atoms with Crippen molar-refractivity contribution < 1.29 is 4.74 Å². The van der Waals surface area contributed by atoms with Gasteiger partial charge in [-0.05, 0) is 38.6 Å². The Morgan fingerprint density at radius 1 is 0.789 bits per heavy atom.